The largest absolute Gasteiger partial charge is 0.392 e. The molecule has 2 fully saturated rings. The lowest BCUT2D eigenvalue weighted by atomic mass is 9.83. The van der Waals surface area contributed by atoms with Crippen molar-refractivity contribution in [1.82, 2.24) is 0 Å². The maximum atomic E-state index is 10.6. The van der Waals surface area contributed by atoms with E-state index in [1.54, 1.807) is 0 Å². The molecule has 2 heteroatoms. The average Bonchev–Trinajstić information content (AvgIpc) is 3.22. The first-order valence-electron chi connectivity index (χ1n) is 7.13. The molecule has 0 amide bonds. The van der Waals surface area contributed by atoms with Crippen molar-refractivity contribution in [2.75, 3.05) is 13.2 Å². The number of benzene rings is 1. The van der Waals surface area contributed by atoms with Crippen LogP contribution in [0.5, 0.6) is 0 Å². The van der Waals surface area contributed by atoms with Crippen LogP contribution in [-0.2, 0) is 10.2 Å². The van der Waals surface area contributed by atoms with E-state index in [-0.39, 0.29) is 11.5 Å². The van der Waals surface area contributed by atoms with Gasteiger partial charge in [0.05, 0.1) is 6.10 Å². The molecule has 2 aliphatic rings. The van der Waals surface area contributed by atoms with Crippen LogP contribution in [0.15, 0.2) is 30.3 Å². The monoisotopic (exact) mass is 246 g/mol. The number of aliphatic hydroxyl groups is 1. The van der Waals surface area contributed by atoms with E-state index in [0.717, 1.165) is 45.3 Å². The van der Waals surface area contributed by atoms with Crippen molar-refractivity contribution in [3.8, 4) is 0 Å². The van der Waals surface area contributed by atoms with Gasteiger partial charge < -0.3 is 9.84 Å². The average molecular weight is 246 g/mol. The van der Waals surface area contributed by atoms with E-state index < -0.39 is 0 Å². The van der Waals surface area contributed by atoms with Crippen molar-refractivity contribution in [3.63, 3.8) is 0 Å². The molecule has 0 spiro atoms. The van der Waals surface area contributed by atoms with E-state index >= 15 is 0 Å². The van der Waals surface area contributed by atoms with Crippen LogP contribution in [-0.4, -0.2) is 24.4 Å². The zero-order valence-electron chi connectivity index (χ0n) is 10.8. The summed E-state index contributed by atoms with van der Waals surface area (Å²) in [4.78, 5) is 0. The summed E-state index contributed by atoms with van der Waals surface area (Å²) >= 11 is 0. The smallest absolute Gasteiger partial charge is 0.0639 e. The number of aliphatic hydroxyl groups excluding tert-OH is 1. The highest BCUT2D eigenvalue weighted by Crippen LogP contribution is 2.52. The van der Waals surface area contributed by atoms with Gasteiger partial charge in [-0.1, -0.05) is 30.3 Å². The first-order chi connectivity index (χ1) is 8.81. The van der Waals surface area contributed by atoms with Gasteiger partial charge in [0, 0.05) is 18.6 Å². The third-order valence-electron chi connectivity index (χ3n) is 4.67. The van der Waals surface area contributed by atoms with Crippen LogP contribution in [0, 0.1) is 5.92 Å². The van der Waals surface area contributed by atoms with E-state index in [0.29, 0.717) is 5.92 Å². The van der Waals surface area contributed by atoms with Crippen LogP contribution in [0.3, 0.4) is 0 Å². The van der Waals surface area contributed by atoms with Crippen molar-refractivity contribution < 1.29 is 9.84 Å². The Morgan fingerprint density at radius 3 is 2.44 bits per heavy atom. The first kappa shape index (κ1) is 12.2. The molecule has 1 aromatic rings. The number of hydrogen-bond donors (Lipinski definition) is 1. The lowest BCUT2D eigenvalue weighted by Gasteiger charge is -2.29. The molecule has 18 heavy (non-hydrogen) atoms. The summed E-state index contributed by atoms with van der Waals surface area (Å²) in [5.41, 5.74) is 1.39. The first-order valence-corrected chi connectivity index (χ1v) is 7.13. The lowest BCUT2D eigenvalue weighted by molar-refractivity contribution is 0.0343. The number of rotatable bonds is 4. The zero-order valence-corrected chi connectivity index (χ0v) is 10.8. The highest BCUT2D eigenvalue weighted by Gasteiger charge is 2.50. The second-order valence-corrected chi connectivity index (χ2v) is 5.83. The summed E-state index contributed by atoms with van der Waals surface area (Å²) in [5.74, 6) is 0.648. The van der Waals surface area contributed by atoms with Gasteiger partial charge in [0.15, 0.2) is 0 Å². The van der Waals surface area contributed by atoms with Crippen LogP contribution < -0.4 is 0 Å². The Labute approximate surface area is 109 Å². The summed E-state index contributed by atoms with van der Waals surface area (Å²) in [5, 5.41) is 10.6. The molecule has 3 rings (SSSR count). The number of hydrogen-bond acceptors (Lipinski definition) is 2. The van der Waals surface area contributed by atoms with Gasteiger partial charge in [0.1, 0.15) is 0 Å². The molecule has 1 heterocycles. The fraction of sp³-hybridized carbons (Fsp3) is 0.625. The van der Waals surface area contributed by atoms with E-state index in [9.17, 15) is 5.11 Å². The topological polar surface area (TPSA) is 29.5 Å². The van der Waals surface area contributed by atoms with Gasteiger partial charge in [-0.3, -0.25) is 0 Å². The van der Waals surface area contributed by atoms with Crippen LogP contribution in [0.2, 0.25) is 0 Å². The van der Waals surface area contributed by atoms with Gasteiger partial charge in [-0.2, -0.15) is 0 Å². The van der Waals surface area contributed by atoms with Crippen molar-refractivity contribution in [3.05, 3.63) is 35.9 Å². The Hall–Kier alpha value is -0.860. The van der Waals surface area contributed by atoms with E-state index in [2.05, 4.69) is 24.3 Å². The van der Waals surface area contributed by atoms with Crippen molar-refractivity contribution >= 4 is 0 Å². The SMILES string of the molecule is OC(CC1CCOCC1)C1(c2ccccc2)CC1. The lowest BCUT2D eigenvalue weighted by Crippen LogP contribution is -2.30. The molecule has 1 saturated heterocycles. The standard InChI is InChI=1S/C16H22O2/c17-15(12-13-6-10-18-11-7-13)16(8-9-16)14-4-2-1-3-5-14/h1-5,13,15,17H,6-12H2. The van der Waals surface area contributed by atoms with Crippen LogP contribution >= 0.6 is 0 Å². The predicted molar refractivity (Wildman–Crippen MR) is 71.5 cm³/mol. The van der Waals surface area contributed by atoms with E-state index in [1.807, 2.05) is 6.07 Å². The fourth-order valence-corrected chi connectivity index (χ4v) is 3.24. The molecule has 1 aromatic carbocycles. The minimum absolute atomic E-state index is 0.0690. The van der Waals surface area contributed by atoms with Crippen LogP contribution in [0.25, 0.3) is 0 Å². The molecule has 0 aromatic heterocycles. The van der Waals surface area contributed by atoms with Crippen molar-refractivity contribution in [2.24, 2.45) is 5.92 Å². The molecule has 0 radical (unpaired) electrons. The maximum Gasteiger partial charge on any atom is 0.0639 e. The summed E-state index contributed by atoms with van der Waals surface area (Å²) in [7, 11) is 0. The molecule has 0 bridgehead atoms. The minimum atomic E-state index is -0.178. The Balaban J connectivity index is 1.66. The zero-order chi connectivity index (χ0) is 12.4. The van der Waals surface area contributed by atoms with Gasteiger partial charge in [0.2, 0.25) is 0 Å². The molecule has 1 atom stereocenters. The molecule has 1 aliphatic heterocycles. The second-order valence-electron chi connectivity index (χ2n) is 5.83. The maximum absolute atomic E-state index is 10.6. The number of ether oxygens (including phenoxy) is 1. The van der Waals surface area contributed by atoms with Crippen molar-refractivity contribution in [1.29, 1.82) is 0 Å². The summed E-state index contributed by atoms with van der Waals surface area (Å²) in [6.45, 7) is 1.74. The normalized spacial score (nSPS) is 24.7. The Morgan fingerprint density at radius 1 is 1.17 bits per heavy atom. The summed E-state index contributed by atoms with van der Waals surface area (Å²) in [6.07, 6.45) is 5.27. The molecule has 2 nitrogen and oxygen atoms in total. The predicted octanol–water partition coefficient (Wildman–Crippen LogP) is 2.90. The van der Waals surface area contributed by atoms with Gasteiger partial charge in [-0.15, -0.1) is 0 Å². The molecular weight excluding hydrogens is 224 g/mol. The third kappa shape index (κ3) is 2.32. The Morgan fingerprint density at radius 2 is 1.83 bits per heavy atom. The molecule has 98 valence electrons. The highest BCUT2D eigenvalue weighted by molar-refractivity contribution is 5.32. The quantitative estimate of drug-likeness (QED) is 0.885. The highest BCUT2D eigenvalue weighted by atomic mass is 16.5. The van der Waals surface area contributed by atoms with Crippen LogP contribution in [0.4, 0.5) is 0 Å². The second kappa shape index (κ2) is 5.02. The van der Waals surface area contributed by atoms with Gasteiger partial charge in [-0.05, 0) is 43.6 Å². The van der Waals surface area contributed by atoms with Gasteiger partial charge in [-0.25, -0.2) is 0 Å². The van der Waals surface area contributed by atoms with Gasteiger partial charge in [0.25, 0.3) is 0 Å². The van der Waals surface area contributed by atoms with Crippen LogP contribution in [0.1, 0.15) is 37.7 Å². The van der Waals surface area contributed by atoms with E-state index in [4.69, 9.17) is 4.74 Å². The molecule has 1 saturated carbocycles. The third-order valence-corrected chi connectivity index (χ3v) is 4.67. The van der Waals surface area contributed by atoms with E-state index in [1.165, 1.54) is 5.56 Å². The Bertz CT molecular complexity index is 377. The van der Waals surface area contributed by atoms with Gasteiger partial charge >= 0.3 is 0 Å². The summed E-state index contributed by atoms with van der Waals surface area (Å²) in [6, 6.07) is 10.5. The minimum Gasteiger partial charge on any atom is -0.392 e. The molecular formula is C16H22O2. The molecule has 1 aliphatic carbocycles. The molecule has 1 N–H and O–H groups in total. The van der Waals surface area contributed by atoms with Crippen molar-refractivity contribution in [2.45, 2.75) is 43.6 Å². The Kier molecular flexibility index (Phi) is 3.40. The summed E-state index contributed by atoms with van der Waals surface area (Å²) < 4.78 is 5.39. The fourth-order valence-electron chi connectivity index (χ4n) is 3.24. The molecule has 1 unspecified atom stereocenters.